The Hall–Kier alpha value is -2.83. The average molecular weight is 339 g/mol. The summed E-state index contributed by atoms with van der Waals surface area (Å²) < 4.78 is 5.60. The van der Waals surface area contributed by atoms with Gasteiger partial charge in [-0.2, -0.15) is 0 Å². The van der Waals surface area contributed by atoms with Crippen molar-refractivity contribution in [2.75, 3.05) is 24.6 Å². The van der Waals surface area contributed by atoms with Crippen LogP contribution in [0.1, 0.15) is 19.8 Å². The van der Waals surface area contributed by atoms with E-state index in [4.69, 9.17) is 10.5 Å². The van der Waals surface area contributed by atoms with Gasteiger partial charge in [0.2, 0.25) is 5.91 Å². The van der Waals surface area contributed by atoms with Crippen LogP contribution in [-0.4, -0.2) is 40.6 Å². The maximum atomic E-state index is 11.4. The number of hydrogen-bond acceptors (Lipinski definition) is 5. The largest absolute Gasteiger partial charge is 0.494 e. The molecule has 0 spiro atoms. The summed E-state index contributed by atoms with van der Waals surface area (Å²) in [7, 11) is 0. The molecule has 2 aromatic heterocycles. The maximum absolute atomic E-state index is 11.4. The van der Waals surface area contributed by atoms with Gasteiger partial charge in [-0.1, -0.05) is 0 Å². The first kappa shape index (κ1) is 15.7. The van der Waals surface area contributed by atoms with Crippen molar-refractivity contribution in [2.24, 2.45) is 11.7 Å². The van der Waals surface area contributed by atoms with E-state index in [0.717, 1.165) is 59.4 Å². The van der Waals surface area contributed by atoms with Gasteiger partial charge in [0.1, 0.15) is 23.1 Å². The van der Waals surface area contributed by atoms with Crippen LogP contribution in [0.25, 0.3) is 21.9 Å². The second-order valence-corrected chi connectivity index (χ2v) is 6.35. The van der Waals surface area contributed by atoms with E-state index in [0.29, 0.717) is 6.61 Å². The Morgan fingerprint density at radius 2 is 2.16 bits per heavy atom. The Bertz CT molecular complexity index is 928. The van der Waals surface area contributed by atoms with Gasteiger partial charge in [-0.3, -0.25) is 4.79 Å². The molecule has 3 N–H and O–H groups in total. The molecular formula is C18H21N5O2. The SMILES string of the molecule is CCOc1ccc2[nH]c3c(N4CCC(C(N)=O)CC4)ncnc3c2c1. The Labute approximate surface area is 145 Å². The van der Waals surface area contributed by atoms with Gasteiger partial charge in [0.25, 0.3) is 0 Å². The number of nitrogens with one attached hydrogen (secondary N) is 1. The molecule has 1 amide bonds. The van der Waals surface area contributed by atoms with E-state index < -0.39 is 0 Å². The highest BCUT2D eigenvalue weighted by Gasteiger charge is 2.25. The number of hydrogen-bond donors (Lipinski definition) is 2. The number of carbonyl (C=O) groups excluding carboxylic acids is 1. The maximum Gasteiger partial charge on any atom is 0.220 e. The molecule has 3 heterocycles. The van der Waals surface area contributed by atoms with Crippen molar-refractivity contribution in [1.82, 2.24) is 15.0 Å². The molecule has 1 fully saturated rings. The van der Waals surface area contributed by atoms with Crippen molar-refractivity contribution in [3.05, 3.63) is 24.5 Å². The van der Waals surface area contributed by atoms with Crippen molar-refractivity contribution < 1.29 is 9.53 Å². The molecule has 0 atom stereocenters. The predicted octanol–water partition coefficient (Wildman–Crippen LogP) is 2.21. The Morgan fingerprint density at radius 1 is 1.36 bits per heavy atom. The number of H-pyrrole nitrogens is 1. The first-order valence-electron chi connectivity index (χ1n) is 8.61. The van der Waals surface area contributed by atoms with Crippen LogP contribution >= 0.6 is 0 Å². The highest BCUT2D eigenvalue weighted by atomic mass is 16.5. The van der Waals surface area contributed by atoms with Gasteiger partial charge < -0.3 is 20.4 Å². The number of amides is 1. The van der Waals surface area contributed by atoms with Crippen molar-refractivity contribution in [1.29, 1.82) is 0 Å². The minimum absolute atomic E-state index is 0.0370. The lowest BCUT2D eigenvalue weighted by Crippen LogP contribution is -2.39. The zero-order valence-corrected chi connectivity index (χ0v) is 14.2. The number of rotatable bonds is 4. The molecule has 0 aliphatic carbocycles. The minimum atomic E-state index is -0.207. The fraction of sp³-hybridized carbons (Fsp3) is 0.389. The van der Waals surface area contributed by atoms with E-state index in [-0.39, 0.29) is 11.8 Å². The molecule has 0 radical (unpaired) electrons. The topological polar surface area (TPSA) is 97.1 Å². The van der Waals surface area contributed by atoms with Crippen molar-refractivity contribution in [2.45, 2.75) is 19.8 Å². The molecule has 3 aromatic rings. The quantitative estimate of drug-likeness (QED) is 0.759. The summed E-state index contributed by atoms with van der Waals surface area (Å²) >= 11 is 0. The van der Waals surface area contributed by atoms with E-state index in [1.165, 1.54) is 0 Å². The number of primary amides is 1. The lowest BCUT2D eigenvalue weighted by Gasteiger charge is -2.31. The number of piperidine rings is 1. The van der Waals surface area contributed by atoms with Crippen LogP contribution in [0.3, 0.4) is 0 Å². The van der Waals surface area contributed by atoms with Gasteiger partial charge in [0.15, 0.2) is 5.82 Å². The molecule has 25 heavy (non-hydrogen) atoms. The second kappa shape index (κ2) is 6.23. The molecule has 1 aromatic carbocycles. The summed E-state index contributed by atoms with van der Waals surface area (Å²) in [5.74, 6) is 1.46. The summed E-state index contributed by atoms with van der Waals surface area (Å²) in [4.78, 5) is 26.0. The smallest absolute Gasteiger partial charge is 0.220 e. The standard InChI is InChI=1S/C18H21N5O2/c1-2-25-12-3-4-14-13(9-12)15-16(22-14)18(21-10-20-15)23-7-5-11(6-8-23)17(19)24/h3-4,9-11,22H,2,5-8H2,1H3,(H2,19,24). The van der Waals surface area contributed by atoms with E-state index in [1.807, 2.05) is 25.1 Å². The van der Waals surface area contributed by atoms with Crippen LogP contribution < -0.4 is 15.4 Å². The highest BCUT2D eigenvalue weighted by molar-refractivity contribution is 6.08. The molecule has 7 nitrogen and oxygen atoms in total. The van der Waals surface area contributed by atoms with E-state index in [9.17, 15) is 4.79 Å². The Balaban J connectivity index is 1.73. The predicted molar refractivity (Wildman–Crippen MR) is 96.7 cm³/mol. The molecular weight excluding hydrogens is 318 g/mol. The third kappa shape index (κ3) is 2.75. The van der Waals surface area contributed by atoms with E-state index in [2.05, 4.69) is 19.9 Å². The van der Waals surface area contributed by atoms with Crippen LogP contribution in [0.2, 0.25) is 0 Å². The van der Waals surface area contributed by atoms with Crippen molar-refractivity contribution in [3.63, 3.8) is 0 Å². The van der Waals surface area contributed by atoms with E-state index >= 15 is 0 Å². The number of nitrogens with two attached hydrogens (primary N) is 1. The average Bonchev–Trinajstić information content (AvgIpc) is 3.00. The van der Waals surface area contributed by atoms with Gasteiger partial charge in [0, 0.05) is 29.9 Å². The zero-order valence-electron chi connectivity index (χ0n) is 14.2. The number of benzene rings is 1. The monoisotopic (exact) mass is 339 g/mol. The number of ether oxygens (including phenoxy) is 1. The first-order chi connectivity index (χ1) is 12.2. The van der Waals surface area contributed by atoms with Crippen LogP contribution in [0.4, 0.5) is 5.82 Å². The van der Waals surface area contributed by atoms with Gasteiger partial charge in [-0.05, 0) is 38.0 Å². The molecule has 0 unspecified atom stereocenters. The minimum Gasteiger partial charge on any atom is -0.494 e. The Morgan fingerprint density at radius 3 is 2.88 bits per heavy atom. The molecule has 1 aliphatic rings. The third-order valence-electron chi connectivity index (χ3n) is 4.84. The molecule has 1 aliphatic heterocycles. The number of aromatic amines is 1. The van der Waals surface area contributed by atoms with Gasteiger partial charge in [-0.25, -0.2) is 9.97 Å². The molecule has 0 saturated carbocycles. The first-order valence-corrected chi connectivity index (χ1v) is 8.61. The lowest BCUT2D eigenvalue weighted by atomic mass is 9.96. The van der Waals surface area contributed by atoms with Gasteiger partial charge >= 0.3 is 0 Å². The second-order valence-electron chi connectivity index (χ2n) is 6.35. The fourth-order valence-corrected chi connectivity index (χ4v) is 3.53. The van der Waals surface area contributed by atoms with Crippen LogP contribution in [0, 0.1) is 5.92 Å². The zero-order chi connectivity index (χ0) is 17.4. The summed E-state index contributed by atoms with van der Waals surface area (Å²) in [6.07, 6.45) is 3.11. The van der Waals surface area contributed by atoms with Crippen LogP contribution in [0.15, 0.2) is 24.5 Å². The fourth-order valence-electron chi connectivity index (χ4n) is 3.53. The normalized spacial score (nSPS) is 15.8. The van der Waals surface area contributed by atoms with Crippen molar-refractivity contribution >= 4 is 33.7 Å². The number of nitrogens with zero attached hydrogens (tertiary/aromatic N) is 3. The van der Waals surface area contributed by atoms with Crippen LogP contribution in [-0.2, 0) is 4.79 Å². The molecule has 130 valence electrons. The van der Waals surface area contributed by atoms with Gasteiger partial charge in [-0.15, -0.1) is 0 Å². The number of aromatic nitrogens is 3. The van der Waals surface area contributed by atoms with Crippen molar-refractivity contribution in [3.8, 4) is 5.75 Å². The summed E-state index contributed by atoms with van der Waals surface area (Å²) in [5, 5.41) is 1.02. The molecule has 1 saturated heterocycles. The number of carbonyl (C=O) groups is 1. The number of anilines is 1. The highest BCUT2D eigenvalue weighted by Crippen LogP contribution is 2.32. The lowest BCUT2D eigenvalue weighted by molar-refractivity contribution is -0.122. The summed E-state index contributed by atoms with van der Waals surface area (Å²) in [6, 6.07) is 5.96. The molecule has 7 heteroatoms. The molecule has 4 rings (SSSR count). The number of fused-ring (bicyclic) bond motifs is 3. The van der Waals surface area contributed by atoms with Gasteiger partial charge in [0.05, 0.1) is 6.61 Å². The third-order valence-corrected chi connectivity index (χ3v) is 4.84. The van der Waals surface area contributed by atoms with E-state index in [1.54, 1.807) is 6.33 Å². The van der Waals surface area contributed by atoms with Crippen LogP contribution in [0.5, 0.6) is 5.75 Å². The summed E-state index contributed by atoms with van der Waals surface area (Å²) in [5.41, 5.74) is 8.24. The molecule has 0 bridgehead atoms. The summed E-state index contributed by atoms with van der Waals surface area (Å²) in [6.45, 7) is 4.12. The Kier molecular flexibility index (Phi) is 3.91.